The Morgan fingerprint density at radius 2 is 2.29 bits per heavy atom. The van der Waals surface area contributed by atoms with Crippen molar-refractivity contribution in [3.8, 4) is 0 Å². The standard InChI is InChI=1S/C15H20O2/c1-9-5-4-7-15(3)8-6-11-10(2)14(16)17-13(11)12(9)15/h4,7,10-13H,1,5-6,8H2,2-3H3/t10-,11-,12+,13-,15+/m0/s1. The molecule has 0 unspecified atom stereocenters. The molecule has 0 aromatic heterocycles. The third kappa shape index (κ3) is 1.42. The van der Waals surface area contributed by atoms with Gasteiger partial charge in [0.2, 0.25) is 0 Å². The minimum atomic E-state index is -0.00777. The highest BCUT2D eigenvalue weighted by Crippen LogP contribution is 2.55. The first-order valence-electron chi connectivity index (χ1n) is 6.59. The molecule has 3 rings (SSSR count). The van der Waals surface area contributed by atoms with Gasteiger partial charge in [0.25, 0.3) is 0 Å². The maximum Gasteiger partial charge on any atom is 0.309 e. The number of fused-ring (bicyclic) bond motifs is 3. The highest BCUT2D eigenvalue weighted by molar-refractivity contribution is 5.75. The van der Waals surface area contributed by atoms with Crippen LogP contribution in [0.15, 0.2) is 24.3 Å². The molecule has 3 aliphatic rings. The van der Waals surface area contributed by atoms with Gasteiger partial charge in [-0.3, -0.25) is 4.79 Å². The molecular formula is C15H20O2. The number of ether oxygens (including phenoxy) is 1. The number of rotatable bonds is 0. The van der Waals surface area contributed by atoms with Crippen LogP contribution in [-0.4, -0.2) is 12.1 Å². The van der Waals surface area contributed by atoms with E-state index in [1.807, 2.05) is 6.92 Å². The maximum absolute atomic E-state index is 11.8. The van der Waals surface area contributed by atoms with Gasteiger partial charge in [0.05, 0.1) is 5.92 Å². The van der Waals surface area contributed by atoms with Crippen LogP contribution < -0.4 is 0 Å². The summed E-state index contributed by atoms with van der Waals surface area (Å²) in [5.74, 6) is 0.804. The van der Waals surface area contributed by atoms with Crippen LogP contribution in [0.3, 0.4) is 0 Å². The number of hydrogen-bond acceptors (Lipinski definition) is 2. The zero-order valence-corrected chi connectivity index (χ0v) is 10.6. The van der Waals surface area contributed by atoms with E-state index in [1.54, 1.807) is 0 Å². The van der Waals surface area contributed by atoms with Crippen LogP contribution in [0.5, 0.6) is 0 Å². The summed E-state index contributed by atoms with van der Waals surface area (Å²) in [4.78, 5) is 11.8. The molecule has 1 saturated heterocycles. The normalized spacial score (nSPS) is 48.6. The Hall–Kier alpha value is -1.05. The van der Waals surface area contributed by atoms with Gasteiger partial charge in [0.15, 0.2) is 0 Å². The number of carbonyl (C=O) groups excluding carboxylic acids is 1. The van der Waals surface area contributed by atoms with E-state index >= 15 is 0 Å². The molecule has 17 heavy (non-hydrogen) atoms. The Kier molecular flexibility index (Phi) is 2.26. The van der Waals surface area contributed by atoms with E-state index in [9.17, 15) is 4.79 Å². The number of carbonyl (C=O) groups is 1. The minimum absolute atomic E-state index is 0.00777. The average Bonchev–Trinajstić information content (AvgIpc) is 2.54. The van der Waals surface area contributed by atoms with Gasteiger partial charge in [-0.15, -0.1) is 0 Å². The van der Waals surface area contributed by atoms with Gasteiger partial charge in [-0.05, 0) is 24.7 Å². The second-order valence-electron chi connectivity index (χ2n) is 6.14. The van der Waals surface area contributed by atoms with Gasteiger partial charge >= 0.3 is 5.97 Å². The van der Waals surface area contributed by atoms with Crippen molar-refractivity contribution < 1.29 is 9.53 Å². The molecule has 1 saturated carbocycles. The molecule has 92 valence electrons. The molecule has 0 aromatic rings. The Morgan fingerprint density at radius 1 is 1.53 bits per heavy atom. The van der Waals surface area contributed by atoms with Crippen LogP contribution in [0.1, 0.15) is 33.1 Å². The monoisotopic (exact) mass is 232 g/mol. The lowest BCUT2D eigenvalue weighted by Crippen LogP contribution is -2.45. The lowest BCUT2D eigenvalue weighted by atomic mass is 9.57. The molecule has 2 aliphatic carbocycles. The van der Waals surface area contributed by atoms with Gasteiger partial charge in [0, 0.05) is 11.8 Å². The molecule has 0 bridgehead atoms. The molecule has 0 radical (unpaired) electrons. The molecule has 1 aliphatic heterocycles. The van der Waals surface area contributed by atoms with Crippen molar-refractivity contribution in [2.45, 2.75) is 39.2 Å². The van der Waals surface area contributed by atoms with E-state index in [2.05, 4.69) is 25.7 Å². The summed E-state index contributed by atoms with van der Waals surface area (Å²) in [5.41, 5.74) is 1.40. The van der Waals surface area contributed by atoms with Gasteiger partial charge in [0.1, 0.15) is 6.10 Å². The smallest absolute Gasteiger partial charge is 0.309 e. The predicted molar refractivity (Wildman–Crippen MR) is 66.3 cm³/mol. The molecule has 1 heterocycles. The molecule has 0 N–H and O–H groups in total. The maximum atomic E-state index is 11.8. The second kappa shape index (κ2) is 3.47. The molecule has 0 spiro atoms. The van der Waals surface area contributed by atoms with E-state index in [4.69, 9.17) is 4.74 Å². The van der Waals surface area contributed by atoms with E-state index in [-0.39, 0.29) is 23.4 Å². The molecule has 2 heteroatoms. The van der Waals surface area contributed by atoms with Crippen LogP contribution in [0.25, 0.3) is 0 Å². The Labute approximate surface area is 103 Å². The second-order valence-corrected chi connectivity index (χ2v) is 6.14. The Morgan fingerprint density at radius 3 is 3.06 bits per heavy atom. The van der Waals surface area contributed by atoms with Crippen molar-refractivity contribution in [3.05, 3.63) is 24.3 Å². The number of esters is 1. The van der Waals surface area contributed by atoms with Crippen LogP contribution in [0, 0.1) is 23.2 Å². The highest BCUT2D eigenvalue weighted by Gasteiger charge is 2.55. The van der Waals surface area contributed by atoms with Crippen molar-refractivity contribution in [2.75, 3.05) is 0 Å². The molecule has 5 atom stereocenters. The van der Waals surface area contributed by atoms with Crippen LogP contribution in [0.4, 0.5) is 0 Å². The fraction of sp³-hybridized carbons (Fsp3) is 0.667. The van der Waals surface area contributed by atoms with E-state index in [0.717, 1.165) is 19.3 Å². The summed E-state index contributed by atoms with van der Waals surface area (Å²) in [5, 5.41) is 0. The predicted octanol–water partition coefficient (Wildman–Crippen LogP) is 3.10. The summed E-state index contributed by atoms with van der Waals surface area (Å²) < 4.78 is 5.65. The van der Waals surface area contributed by atoms with Crippen molar-refractivity contribution >= 4 is 5.97 Å². The van der Waals surface area contributed by atoms with Crippen molar-refractivity contribution in [2.24, 2.45) is 23.2 Å². The van der Waals surface area contributed by atoms with E-state index < -0.39 is 0 Å². The lowest BCUT2D eigenvalue weighted by molar-refractivity contribution is -0.146. The van der Waals surface area contributed by atoms with Gasteiger partial charge in [-0.1, -0.05) is 38.2 Å². The third-order valence-corrected chi connectivity index (χ3v) is 5.06. The first kappa shape index (κ1) is 11.1. The average molecular weight is 232 g/mol. The van der Waals surface area contributed by atoms with E-state index in [1.165, 1.54) is 5.57 Å². The van der Waals surface area contributed by atoms with Gasteiger partial charge in [-0.25, -0.2) is 0 Å². The van der Waals surface area contributed by atoms with Crippen LogP contribution in [-0.2, 0) is 9.53 Å². The molecule has 0 amide bonds. The minimum Gasteiger partial charge on any atom is -0.461 e. The topological polar surface area (TPSA) is 26.3 Å². The molecule has 2 fully saturated rings. The quantitative estimate of drug-likeness (QED) is 0.474. The fourth-order valence-corrected chi connectivity index (χ4v) is 4.02. The van der Waals surface area contributed by atoms with Gasteiger partial charge < -0.3 is 4.74 Å². The van der Waals surface area contributed by atoms with Gasteiger partial charge in [-0.2, -0.15) is 0 Å². The molecular weight excluding hydrogens is 212 g/mol. The van der Waals surface area contributed by atoms with E-state index in [0.29, 0.717) is 11.8 Å². The SMILES string of the molecule is C=C1CC=C[C@]2(C)CC[C@@H]3[C@H](OC(=O)[C@H]3C)[C@@H]12. The summed E-state index contributed by atoms with van der Waals surface area (Å²) in [6.07, 6.45) is 7.81. The Balaban J connectivity index is 1.99. The van der Waals surface area contributed by atoms with Crippen LogP contribution in [0.2, 0.25) is 0 Å². The molecule has 0 aromatic carbocycles. The number of allylic oxidation sites excluding steroid dienone is 2. The number of hydrogen-bond donors (Lipinski definition) is 0. The fourth-order valence-electron chi connectivity index (χ4n) is 4.02. The molecule has 2 nitrogen and oxygen atoms in total. The third-order valence-electron chi connectivity index (χ3n) is 5.06. The first-order valence-corrected chi connectivity index (χ1v) is 6.59. The zero-order chi connectivity index (χ0) is 12.2. The lowest BCUT2D eigenvalue weighted by Gasteiger charge is -2.48. The Bertz CT molecular complexity index is 409. The zero-order valence-electron chi connectivity index (χ0n) is 10.6. The highest BCUT2D eigenvalue weighted by atomic mass is 16.6. The summed E-state index contributed by atoms with van der Waals surface area (Å²) in [6.45, 7) is 8.51. The largest absolute Gasteiger partial charge is 0.461 e. The summed E-state index contributed by atoms with van der Waals surface area (Å²) in [7, 11) is 0. The summed E-state index contributed by atoms with van der Waals surface area (Å²) in [6, 6.07) is 0. The van der Waals surface area contributed by atoms with Crippen molar-refractivity contribution in [3.63, 3.8) is 0 Å². The summed E-state index contributed by atoms with van der Waals surface area (Å²) >= 11 is 0. The van der Waals surface area contributed by atoms with Crippen LogP contribution >= 0.6 is 0 Å². The van der Waals surface area contributed by atoms with Crippen molar-refractivity contribution in [1.29, 1.82) is 0 Å². The van der Waals surface area contributed by atoms with Crippen molar-refractivity contribution in [1.82, 2.24) is 0 Å². The first-order chi connectivity index (χ1) is 8.03.